The van der Waals surface area contributed by atoms with Crippen molar-refractivity contribution in [3.05, 3.63) is 53.4 Å². The smallest absolute Gasteiger partial charge is 0.295 e. The summed E-state index contributed by atoms with van der Waals surface area (Å²) in [7, 11) is 0. The lowest BCUT2D eigenvalue weighted by molar-refractivity contribution is 0.0914. The Morgan fingerprint density at radius 3 is 2.95 bits per heavy atom. The van der Waals surface area contributed by atoms with Crippen LogP contribution in [0.1, 0.15) is 32.5 Å². The second kappa shape index (κ2) is 5.04. The number of fused-ring (bicyclic) bond motifs is 1. The first-order chi connectivity index (χ1) is 9.75. The third-order valence-electron chi connectivity index (χ3n) is 2.96. The molecule has 7 heteroatoms. The van der Waals surface area contributed by atoms with E-state index in [4.69, 9.17) is 4.52 Å². The maximum atomic E-state index is 11.7. The van der Waals surface area contributed by atoms with E-state index >= 15 is 0 Å². The summed E-state index contributed by atoms with van der Waals surface area (Å²) in [5, 5.41) is 13.6. The molecule has 100 valence electrons. The topological polar surface area (TPSA) is 96.9 Å². The molecule has 2 heterocycles. The summed E-state index contributed by atoms with van der Waals surface area (Å²) in [6.45, 7) is 0.229. The molecular weight excluding hydrogens is 260 g/mol. The molecule has 1 atom stereocenters. The number of amides is 2. The highest BCUT2D eigenvalue weighted by molar-refractivity contribution is 5.97. The molecule has 0 fully saturated rings. The standard InChI is InChI=1S/C13H10N4O3/c18-12-9-4-2-1-3-8(9)10(16-17-12)7-14-13(19)11-5-6-15-20-11/h1-6,10H,7H2,(H,14,19). The van der Waals surface area contributed by atoms with Crippen LogP contribution in [0.4, 0.5) is 0 Å². The minimum absolute atomic E-state index is 0.127. The van der Waals surface area contributed by atoms with Crippen molar-refractivity contribution < 1.29 is 14.1 Å². The molecule has 0 spiro atoms. The van der Waals surface area contributed by atoms with Gasteiger partial charge in [-0.25, -0.2) is 0 Å². The van der Waals surface area contributed by atoms with E-state index < -0.39 is 0 Å². The molecule has 0 saturated heterocycles. The summed E-state index contributed by atoms with van der Waals surface area (Å²) in [6.07, 6.45) is 1.39. The summed E-state index contributed by atoms with van der Waals surface area (Å²) < 4.78 is 4.75. The lowest BCUT2D eigenvalue weighted by atomic mass is 9.99. The van der Waals surface area contributed by atoms with Crippen molar-refractivity contribution >= 4 is 11.8 Å². The molecule has 1 aliphatic heterocycles. The summed E-state index contributed by atoms with van der Waals surface area (Å²) in [6, 6.07) is 8.17. The summed E-state index contributed by atoms with van der Waals surface area (Å²) >= 11 is 0. The van der Waals surface area contributed by atoms with Gasteiger partial charge in [-0.3, -0.25) is 9.59 Å². The number of nitrogens with one attached hydrogen (secondary N) is 1. The molecule has 2 aromatic rings. The largest absolute Gasteiger partial charge is 0.351 e. The van der Waals surface area contributed by atoms with Crippen LogP contribution >= 0.6 is 0 Å². The van der Waals surface area contributed by atoms with Crippen LogP contribution in [0, 0.1) is 0 Å². The van der Waals surface area contributed by atoms with Gasteiger partial charge >= 0.3 is 0 Å². The third kappa shape index (κ3) is 2.20. The minimum atomic E-state index is -0.382. The highest BCUT2D eigenvalue weighted by atomic mass is 16.5. The predicted molar refractivity (Wildman–Crippen MR) is 67.2 cm³/mol. The lowest BCUT2D eigenvalue weighted by Gasteiger charge is -2.17. The molecule has 0 bridgehead atoms. The second-order valence-electron chi connectivity index (χ2n) is 4.21. The minimum Gasteiger partial charge on any atom is -0.351 e. The monoisotopic (exact) mass is 270 g/mol. The van der Waals surface area contributed by atoms with Gasteiger partial charge in [0.1, 0.15) is 6.04 Å². The lowest BCUT2D eigenvalue weighted by Crippen LogP contribution is -2.29. The first-order valence-corrected chi connectivity index (χ1v) is 5.98. The molecule has 2 amide bonds. The second-order valence-corrected chi connectivity index (χ2v) is 4.21. The Hall–Kier alpha value is -2.83. The van der Waals surface area contributed by atoms with Crippen LogP contribution in [0.15, 0.2) is 51.3 Å². The van der Waals surface area contributed by atoms with Gasteiger partial charge in [-0.05, 0) is 11.6 Å². The molecular formula is C13H10N4O3. The van der Waals surface area contributed by atoms with E-state index in [1.807, 2.05) is 6.07 Å². The zero-order valence-corrected chi connectivity index (χ0v) is 10.3. The number of carbonyl (C=O) groups excluding carboxylic acids is 2. The maximum absolute atomic E-state index is 11.7. The first kappa shape index (κ1) is 12.2. The zero-order valence-electron chi connectivity index (χ0n) is 10.3. The average Bonchev–Trinajstić information content (AvgIpc) is 3.01. The van der Waals surface area contributed by atoms with Crippen molar-refractivity contribution in [3.8, 4) is 0 Å². The Balaban J connectivity index is 1.74. The van der Waals surface area contributed by atoms with Crippen molar-refractivity contribution in [3.63, 3.8) is 0 Å². The fraction of sp³-hybridized carbons (Fsp3) is 0.154. The fourth-order valence-corrected chi connectivity index (χ4v) is 1.98. The Morgan fingerprint density at radius 1 is 1.30 bits per heavy atom. The van der Waals surface area contributed by atoms with Crippen LogP contribution < -0.4 is 5.32 Å². The fourth-order valence-electron chi connectivity index (χ4n) is 1.98. The van der Waals surface area contributed by atoms with E-state index in [-0.39, 0.29) is 30.2 Å². The van der Waals surface area contributed by atoms with Gasteiger partial charge in [-0.1, -0.05) is 23.4 Å². The van der Waals surface area contributed by atoms with E-state index in [1.165, 1.54) is 12.3 Å². The highest BCUT2D eigenvalue weighted by Gasteiger charge is 2.24. The summed E-state index contributed by atoms with van der Waals surface area (Å²) in [5.74, 6) is -0.618. The number of nitrogens with zero attached hydrogens (tertiary/aromatic N) is 3. The number of hydrogen-bond acceptors (Lipinski definition) is 5. The zero-order chi connectivity index (χ0) is 13.9. The Labute approximate surface area is 113 Å². The van der Waals surface area contributed by atoms with Gasteiger partial charge in [-0.2, -0.15) is 5.11 Å². The van der Waals surface area contributed by atoms with Crippen LogP contribution in [-0.2, 0) is 0 Å². The van der Waals surface area contributed by atoms with Gasteiger partial charge in [0, 0.05) is 18.2 Å². The third-order valence-corrected chi connectivity index (χ3v) is 2.96. The van der Waals surface area contributed by atoms with Crippen LogP contribution in [0.5, 0.6) is 0 Å². The number of benzene rings is 1. The number of carbonyl (C=O) groups is 2. The van der Waals surface area contributed by atoms with Crippen molar-refractivity contribution in [2.75, 3.05) is 6.54 Å². The maximum Gasteiger partial charge on any atom is 0.295 e. The van der Waals surface area contributed by atoms with Gasteiger partial charge in [0.05, 0.1) is 6.20 Å². The van der Waals surface area contributed by atoms with Gasteiger partial charge in [-0.15, -0.1) is 5.11 Å². The normalized spacial score (nSPS) is 16.8. The van der Waals surface area contributed by atoms with Gasteiger partial charge < -0.3 is 9.84 Å². The van der Waals surface area contributed by atoms with Crippen molar-refractivity contribution in [2.24, 2.45) is 10.2 Å². The molecule has 0 saturated carbocycles. The summed E-state index contributed by atoms with van der Waals surface area (Å²) in [5.41, 5.74) is 1.27. The summed E-state index contributed by atoms with van der Waals surface area (Å²) in [4.78, 5) is 23.3. The number of aromatic nitrogens is 1. The quantitative estimate of drug-likeness (QED) is 0.918. The molecule has 0 aliphatic carbocycles. The SMILES string of the molecule is O=C(NCC1N=NC(=O)c2ccccc21)c1ccno1. The first-order valence-electron chi connectivity index (χ1n) is 5.98. The highest BCUT2D eigenvalue weighted by Crippen LogP contribution is 2.26. The molecule has 3 rings (SSSR count). The van der Waals surface area contributed by atoms with Crippen LogP contribution in [0.3, 0.4) is 0 Å². The van der Waals surface area contributed by atoms with E-state index in [2.05, 4.69) is 20.7 Å². The van der Waals surface area contributed by atoms with E-state index in [1.54, 1.807) is 18.2 Å². The average molecular weight is 270 g/mol. The molecule has 1 aliphatic rings. The molecule has 1 N–H and O–H groups in total. The Morgan fingerprint density at radius 2 is 2.15 bits per heavy atom. The van der Waals surface area contributed by atoms with E-state index in [9.17, 15) is 9.59 Å². The van der Waals surface area contributed by atoms with Crippen LogP contribution in [0.25, 0.3) is 0 Å². The Kier molecular flexibility index (Phi) is 3.08. The van der Waals surface area contributed by atoms with Crippen LogP contribution in [-0.4, -0.2) is 23.5 Å². The van der Waals surface area contributed by atoms with Gasteiger partial charge in [0.15, 0.2) is 0 Å². The van der Waals surface area contributed by atoms with Gasteiger partial charge in [0.25, 0.3) is 11.8 Å². The van der Waals surface area contributed by atoms with Gasteiger partial charge in [0.2, 0.25) is 5.76 Å². The molecule has 1 aromatic carbocycles. The predicted octanol–water partition coefficient (Wildman–Crippen LogP) is 1.75. The van der Waals surface area contributed by atoms with Crippen molar-refractivity contribution in [2.45, 2.75) is 6.04 Å². The molecule has 1 aromatic heterocycles. The molecule has 7 nitrogen and oxygen atoms in total. The van der Waals surface area contributed by atoms with Crippen molar-refractivity contribution in [1.29, 1.82) is 0 Å². The number of rotatable bonds is 3. The Bertz CT molecular complexity index is 679. The molecule has 0 radical (unpaired) electrons. The number of azo groups is 1. The number of hydrogen-bond donors (Lipinski definition) is 1. The van der Waals surface area contributed by atoms with E-state index in [0.717, 1.165) is 5.56 Å². The molecule has 20 heavy (non-hydrogen) atoms. The van der Waals surface area contributed by atoms with Crippen molar-refractivity contribution in [1.82, 2.24) is 10.5 Å². The molecule has 1 unspecified atom stereocenters. The van der Waals surface area contributed by atoms with Crippen LogP contribution in [0.2, 0.25) is 0 Å². The van der Waals surface area contributed by atoms with E-state index in [0.29, 0.717) is 5.56 Å².